The lowest BCUT2D eigenvalue weighted by Crippen LogP contribution is -2.13. The van der Waals surface area contributed by atoms with Gasteiger partial charge in [-0.1, -0.05) is 11.6 Å². The van der Waals surface area contributed by atoms with Crippen LogP contribution < -0.4 is 16.0 Å². The molecule has 7 nitrogen and oxygen atoms in total. The van der Waals surface area contributed by atoms with E-state index in [1.54, 1.807) is 6.20 Å². The van der Waals surface area contributed by atoms with Crippen LogP contribution in [0.1, 0.15) is 12.1 Å². The number of halogens is 1. The third-order valence-corrected chi connectivity index (χ3v) is 4.16. The maximum atomic E-state index is 8.89. The molecule has 0 amide bonds. The Balaban J connectivity index is 1.51. The first kappa shape index (κ1) is 19.1. The summed E-state index contributed by atoms with van der Waals surface area (Å²) in [6.07, 6.45) is 2.70. The first-order chi connectivity index (χ1) is 13.2. The summed E-state index contributed by atoms with van der Waals surface area (Å²) in [6.45, 7) is 3.98. The summed E-state index contributed by atoms with van der Waals surface area (Å²) in [5.41, 5.74) is 2.79. The largest absolute Gasteiger partial charge is 0.395 e. The molecule has 27 heavy (non-hydrogen) atoms. The number of rotatable bonds is 9. The van der Waals surface area contributed by atoms with E-state index in [0.717, 1.165) is 47.6 Å². The van der Waals surface area contributed by atoms with Crippen molar-refractivity contribution in [1.82, 2.24) is 15.0 Å². The Hall–Kier alpha value is -2.64. The Morgan fingerprint density at radius 2 is 1.85 bits per heavy atom. The van der Waals surface area contributed by atoms with E-state index in [1.165, 1.54) is 0 Å². The number of nitrogens with zero attached hydrogens (tertiary/aromatic N) is 3. The van der Waals surface area contributed by atoms with Gasteiger partial charge in [0.1, 0.15) is 5.82 Å². The zero-order valence-electron chi connectivity index (χ0n) is 15.2. The Morgan fingerprint density at radius 3 is 2.70 bits per heavy atom. The summed E-state index contributed by atoms with van der Waals surface area (Å²) in [5, 5.41) is 20.4. The molecular formula is C19H23ClN6O. The summed E-state index contributed by atoms with van der Waals surface area (Å²) >= 11 is 6.03. The molecule has 0 aliphatic carbocycles. The van der Waals surface area contributed by atoms with Gasteiger partial charge in [0.05, 0.1) is 12.1 Å². The lowest BCUT2D eigenvalue weighted by molar-refractivity contribution is 0.311. The molecule has 3 aromatic rings. The summed E-state index contributed by atoms with van der Waals surface area (Å²) in [7, 11) is 0. The first-order valence-corrected chi connectivity index (χ1v) is 9.26. The van der Waals surface area contributed by atoms with Crippen LogP contribution in [0.15, 0.2) is 36.5 Å². The van der Waals surface area contributed by atoms with Gasteiger partial charge in [-0.25, -0.2) is 4.98 Å². The maximum absolute atomic E-state index is 8.89. The highest BCUT2D eigenvalue weighted by molar-refractivity contribution is 6.31. The summed E-state index contributed by atoms with van der Waals surface area (Å²) in [4.78, 5) is 13.0. The number of benzene rings is 1. The fourth-order valence-electron chi connectivity index (χ4n) is 2.71. The molecule has 0 spiro atoms. The zero-order chi connectivity index (χ0) is 19.1. The molecule has 0 unspecified atom stereocenters. The second kappa shape index (κ2) is 9.34. The quantitative estimate of drug-likeness (QED) is 0.419. The van der Waals surface area contributed by atoms with Crippen LogP contribution in [0.2, 0.25) is 5.02 Å². The molecule has 3 rings (SSSR count). The second-order valence-corrected chi connectivity index (χ2v) is 6.53. The van der Waals surface area contributed by atoms with Gasteiger partial charge in [-0.05, 0) is 37.6 Å². The van der Waals surface area contributed by atoms with Crippen LogP contribution in [0.5, 0.6) is 0 Å². The Kier molecular flexibility index (Phi) is 6.62. The van der Waals surface area contributed by atoms with Crippen molar-refractivity contribution in [2.75, 3.05) is 42.2 Å². The number of pyridine rings is 1. The van der Waals surface area contributed by atoms with Crippen molar-refractivity contribution in [3.05, 3.63) is 47.2 Å². The number of hydrogen-bond acceptors (Lipinski definition) is 7. The average molecular weight is 387 g/mol. The Morgan fingerprint density at radius 1 is 1.00 bits per heavy atom. The van der Waals surface area contributed by atoms with Crippen molar-refractivity contribution in [2.24, 2.45) is 0 Å². The molecule has 0 aliphatic rings. The minimum absolute atomic E-state index is 0.0433. The molecule has 0 saturated heterocycles. The molecular weight excluding hydrogens is 364 g/mol. The van der Waals surface area contributed by atoms with E-state index in [-0.39, 0.29) is 6.61 Å². The number of nitrogens with one attached hydrogen (secondary N) is 3. The molecule has 0 bridgehead atoms. The monoisotopic (exact) mass is 386 g/mol. The van der Waals surface area contributed by atoms with E-state index in [1.807, 2.05) is 37.3 Å². The predicted molar refractivity (Wildman–Crippen MR) is 111 cm³/mol. The van der Waals surface area contributed by atoms with E-state index >= 15 is 0 Å². The van der Waals surface area contributed by atoms with Gasteiger partial charge < -0.3 is 21.1 Å². The molecule has 0 atom stereocenters. The molecule has 4 N–H and O–H groups in total. The van der Waals surface area contributed by atoms with Gasteiger partial charge in [-0.2, -0.15) is 4.98 Å². The van der Waals surface area contributed by atoms with E-state index in [2.05, 4.69) is 30.9 Å². The number of fused-ring (bicyclic) bond motifs is 1. The predicted octanol–water partition coefficient (Wildman–Crippen LogP) is 3.30. The molecule has 8 heteroatoms. The second-order valence-electron chi connectivity index (χ2n) is 6.10. The van der Waals surface area contributed by atoms with Crippen molar-refractivity contribution in [2.45, 2.75) is 13.3 Å². The highest BCUT2D eigenvalue weighted by Crippen LogP contribution is 2.24. The average Bonchev–Trinajstić information content (AvgIpc) is 2.65. The van der Waals surface area contributed by atoms with Crippen LogP contribution in [-0.2, 0) is 0 Å². The van der Waals surface area contributed by atoms with Crippen LogP contribution in [0, 0.1) is 6.92 Å². The molecule has 0 saturated carbocycles. The number of aromatic nitrogens is 3. The Bertz CT molecular complexity index is 905. The number of hydrogen-bond donors (Lipinski definition) is 4. The lowest BCUT2D eigenvalue weighted by atomic mass is 10.2. The summed E-state index contributed by atoms with van der Waals surface area (Å²) in [5.74, 6) is 1.29. The topological polar surface area (TPSA) is 95.0 Å². The standard InChI is InChI=1S/C19H23ClN6O/c1-13-11-18(26-19(25-13)24-9-10-27)23-7-2-6-21-16-5-8-22-17-12-14(20)3-4-15(16)17/h3-5,8,11-12,27H,2,6-7,9-10H2,1H3,(H,21,22)(H2,23,24,25,26). The SMILES string of the molecule is Cc1cc(NCCCNc2ccnc3cc(Cl)ccc23)nc(NCCO)n1. The van der Waals surface area contributed by atoms with E-state index in [4.69, 9.17) is 16.7 Å². The van der Waals surface area contributed by atoms with E-state index in [0.29, 0.717) is 17.5 Å². The highest BCUT2D eigenvalue weighted by atomic mass is 35.5. The fraction of sp³-hybridized carbons (Fsp3) is 0.316. The molecule has 2 aromatic heterocycles. The third-order valence-electron chi connectivity index (χ3n) is 3.93. The number of aryl methyl sites for hydroxylation is 1. The smallest absolute Gasteiger partial charge is 0.224 e. The first-order valence-electron chi connectivity index (χ1n) is 8.88. The van der Waals surface area contributed by atoms with Gasteiger partial charge >= 0.3 is 0 Å². The molecule has 0 aliphatic heterocycles. The van der Waals surface area contributed by atoms with Crippen molar-refractivity contribution in [3.63, 3.8) is 0 Å². The van der Waals surface area contributed by atoms with Gasteiger partial charge in [0.15, 0.2) is 0 Å². The van der Waals surface area contributed by atoms with Crippen molar-refractivity contribution >= 4 is 40.0 Å². The molecule has 0 radical (unpaired) electrons. The summed E-state index contributed by atoms with van der Waals surface area (Å²) < 4.78 is 0. The molecule has 2 heterocycles. The number of aliphatic hydroxyl groups excluding tert-OH is 1. The van der Waals surface area contributed by atoms with Crippen LogP contribution >= 0.6 is 11.6 Å². The van der Waals surface area contributed by atoms with Crippen LogP contribution in [0.4, 0.5) is 17.5 Å². The maximum Gasteiger partial charge on any atom is 0.224 e. The van der Waals surface area contributed by atoms with Crippen molar-refractivity contribution in [3.8, 4) is 0 Å². The van der Waals surface area contributed by atoms with Gasteiger partial charge in [0.2, 0.25) is 5.95 Å². The normalized spacial score (nSPS) is 10.8. The van der Waals surface area contributed by atoms with Crippen molar-refractivity contribution < 1.29 is 5.11 Å². The van der Waals surface area contributed by atoms with Gasteiger partial charge in [0.25, 0.3) is 0 Å². The number of aliphatic hydroxyl groups is 1. The lowest BCUT2D eigenvalue weighted by Gasteiger charge is -2.11. The van der Waals surface area contributed by atoms with Gasteiger partial charge in [-0.15, -0.1) is 0 Å². The molecule has 0 fully saturated rings. The van der Waals surface area contributed by atoms with Crippen molar-refractivity contribution in [1.29, 1.82) is 0 Å². The van der Waals surface area contributed by atoms with Crippen LogP contribution in [-0.4, -0.2) is 46.3 Å². The molecule has 142 valence electrons. The zero-order valence-corrected chi connectivity index (χ0v) is 15.9. The number of anilines is 3. The summed E-state index contributed by atoms with van der Waals surface area (Å²) in [6, 6.07) is 9.59. The minimum Gasteiger partial charge on any atom is -0.395 e. The fourth-order valence-corrected chi connectivity index (χ4v) is 2.88. The minimum atomic E-state index is 0.0433. The van der Waals surface area contributed by atoms with Crippen LogP contribution in [0.3, 0.4) is 0 Å². The van der Waals surface area contributed by atoms with Gasteiger partial charge in [-0.3, -0.25) is 4.98 Å². The van der Waals surface area contributed by atoms with E-state index < -0.39 is 0 Å². The Labute approximate surface area is 163 Å². The van der Waals surface area contributed by atoms with E-state index in [9.17, 15) is 0 Å². The van der Waals surface area contributed by atoms with Gasteiger partial charge in [0, 0.05) is 53.7 Å². The molecule has 1 aromatic carbocycles. The third kappa shape index (κ3) is 5.42. The highest BCUT2D eigenvalue weighted by Gasteiger charge is 2.03. The van der Waals surface area contributed by atoms with Crippen LogP contribution in [0.25, 0.3) is 10.9 Å².